The fraction of sp³-hybridized carbons (Fsp3) is 0.444. The Kier molecular flexibility index (Phi) is 9.83. The molecule has 2 aliphatic rings. The molecular weight excluding hydrogens is 576 g/mol. The van der Waals surface area contributed by atoms with Gasteiger partial charge in [-0.3, -0.25) is 4.79 Å². The van der Waals surface area contributed by atoms with Gasteiger partial charge in [0.1, 0.15) is 5.75 Å². The third kappa shape index (κ3) is 7.15. The van der Waals surface area contributed by atoms with Crippen LogP contribution in [0.2, 0.25) is 0 Å². The number of aliphatic hydroxyl groups is 1. The molecule has 2 aromatic rings. The van der Waals surface area contributed by atoms with Gasteiger partial charge in [-0.25, -0.2) is 8.42 Å². The molecule has 0 radical (unpaired) electrons. The van der Waals surface area contributed by atoms with Gasteiger partial charge in [-0.1, -0.05) is 28.1 Å². The van der Waals surface area contributed by atoms with Crippen LogP contribution in [0.15, 0.2) is 69.7 Å². The minimum atomic E-state index is -3.87. The molecule has 0 spiro atoms. The fourth-order valence-electron chi connectivity index (χ4n) is 4.32. The molecule has 11 heteroatoms. The van der Waals surface area contributed by atoms with Crippen LogP contribution >= 0.6 is 15.9 Å². The second-order valence-corrected chi connectivity index (χ2v) is 12.1. The number of sulfonamides is 1. The van der Waals surface area contributed by atoms with E-state index >= 15 is 0 Å². The highest BCUT2D eigenvalue weighted by Crippen LogP contribution is 2.32. The number of nitrogens with zero attached hydrogens (tertiary/aromatic N) is 1. The summed E-state index contributed by atoms with van der Waals surface area (Å²) in [7, 11) is -2.36. The quantitative estimate of drug-likeness (QED) is 0.379. The molecule has 0 unspecified atom stereocenters. The number of benzene rings is 2. The zero-order valence-corrected chi connectivity index (χ0v) is 23.6. The molecule has 38 heavy (non-hydrogen) atoms. The van der Waals surface area contributed by atoms with Gasteiger partial charge in [0.2, 0.25) is 16.3 Å². The maximum Gasteiger partial charge on any atom is 0.286 e. The van der Waals surface area contributed by atoms with Crippen molar-refractivity contribution in [3.8, 4) is 5.75 Å². The van der Waals surface area contributed by atoms with Gasteiger partial charge < -0.3 is 24.6 Å². The first-order valence-corrected chi connectivity index (χ1v) is 14.8. The average Bonchev–Trinajstić information content (AvgIpc) is 2.90. The number of methoxy groups -OCH3 is 1. The van der Waals surface area contributed by atoms with E-state index in [1.807, 2.05) is 30.3 Å². The maximum atomic E-state index is 13.2. The maximum absolute atomic E-state index is 13.2. The fourth-order valence-corrected chi connectivity index (χ4v) is 6.00. The first-order valence-electron chi connectivity index (χ1n) is 12.6. The highest BCUT2D eigenvalue weighted by atomic mass is 79.9. The Morgan fingerprint density at radius 3 is 2.45 bits per heavy atom. The van der Waals surface area contributed by atoms with Gasteiger partial charge in [0, 0.05) is 35.9 Å². The van der Waals surface area contributed by atoms with Crippen LogP contribution in [0.25, 0.3) is 0 Å². The van der Waals surface area contributed by atoms with Crippen molar-refractivity contribution in [3.05, 3.63) is 70.4 Å². The van der Waals surface area contributed by atoms with Crippen LogP contribution in [0.4, 0.5) is 0 Å². The molecule has 1 heterocycles. The molecule has 0 saturated heterocycles. The molecule has 1 fully saturated rings. The van der Waals surface area contributed by atoms with E-state index in [0.717, 1.165) is 29.3 Å². The van der Waals surface area contributed by atoms with Gasteiger partial charge in [-0.05, 0) is 67.3 Å². The molecular formula is C27H33BrN2O7S. The van der Waals surface area contributed by atoms with E-state index < -0.39 is 16.3 Å². The Balaban J connectivity index is 1.43. The van der Waals surface area contributed by atoms with Crippen molar-refractivity contribution >= 4 is 31.9 Å². The van der Waals surface area contributed by atoms with E-state index in [2.05, 4.69) is 21.2 Å². The summed E-state index contributed by atoms with van der Waals surface area (Å²) in [5, 5.41) is 12.5. The molecule has 206 valence electrons. The summed E-state index contributed by atoms with van der Waals surface area (Å²) in [6, 6.07) is 14.1. The van der Waals surface area contributed by atoms with Crippen molar-refractivity contribution in [2.24, 2.45) is 0 Å². The van der Waals surface area contributed by atoms with Gasteiger partial charge in [0.25, 0.3) is 5.91 Å². The van der Waals surface area contributed by atoms with Gasteiger partial charge in [0.05, 0.1) is 25.2 Å². The van der Waals surface area contributed by atoms with E-state index in [1.54, 1.807) is 12.1 Å². The number of carbonyl (C=O) groups excluding carboxylic acids is 1. The number of aliphatic hydroxyl groups excluding tert-OH is 1. The number of allylic oxidation sites excluding steroid dienone is 1. The predicted octanol–water partition coefficient (Wildman–Crippen LogP) is 3.54. The summed E-state index contributed by atoms with van der Waals surface area (Å²) in [4.78, 5) is 13.0. The van der Waals surface area contributed by atoms with Crippen LogP contribution in [0.1, 0.15) is 37.2 Å². The van der Waals surface area contributed by atoms with Crippen LogP contribution in [-0.2, 0) is 24.3 Å². The van der Waals surface area contributed by atoms with Crippen molar-refractivity contribution in [1.29, 1.82) is 0 Å². The summed E-state index contributed by atoms with van der Waals surface area (Å²) >= 11 is 3.45. The van der Waals surface area contributed by atoms with Crippen LogP contribution < -0.4 is 10.1 Å². The van der Waals surface area contributed by atoms with E-state index in [1.165, 1.54) is 23.5 Å². The van der Waals surface area contributed by atoms with Crippen molar-refractivity contribution in [2.75, 3.05) is 33.4 Å². The normalized spacial score (nSPS) is 19.8. The van der Waals surface area contributed by atoms with E-state index in [0.29, 0.717) is 12.2 Å². The van der Waals surface area contributed by atoms with E-state index in [4.69, 9.17) is 14.2 Å². The van der Waals surface area contributed by atoms with Gasteiger partial charge >= 0.3 is 0 Å². The summed E-state index contributed by atoms with van der Waals surface area (Å²) < 4.78 is 45.5. The number of hydrogen-bond acceptors (Lipinski definition) is 7. The highest BCUT2D eigenvalue weighted by Gasteiger charge is 2.31. The van der Waals surface area contributed by atoms with Crippen LogP contribution in [0.5, 0.6) is 5.75 Å². The molecule has 2 N–H and O–H groups in total. The van der Waals surface area contributed by atoms with Crippen molar-refractivity contribution < 1.29 is 32.5 Å². The Bertz CT molecular complexity index is 1210. The molecule has 0 aromatic heterocycles. The van der Waals surface area contributed by atoms with Crippen molar-refractivity contribution in [3.63, 3.8) is 0 Å². The molecule has 0 bridgehead atoms. The summed E-state index contributed by atoms with van der Waals surface area (Å²) in [5.74, 6) is 0.370. The molecule has 2 atom stereocenters. The summed E-state index contributed by atoms with van der Waals surface area (Å²) in [6.45, 7) is -0.398. The van der Waals surface area contributed by atoms with Crippen molar-refractivity contribution in [2.45, 2.75) is 48.8 Å². The number of amides is 1. The average molecular weight is 610 g/mol. The summed E-state index contributed by atoms with van der Waals surface area (Å²) in [5.41, 5.74) is 1.02. The zero-order valence-electron chi connectivity index (χ0n) is 21.2. The first-order chi connectivity index (χ1) is 18.3. The SMILES string of the molecule is COc1ccc(S(=O)(=O)N(CCO)CCO[C@H]2C[C@@H](c3ccc(Br)cc3)C=C(C(=O)NC3CCC3)O2)cc1. The lowest BCUT2D eigenvalue weighted by Gasteiger charge is -2.32. The predicted molar refractivity (Wildman–Crippen MR) is 145 cm³/mol. The molecule has 1 saturated carbocycles. The third-order valence-corrected chi connectivity index (χ3v) is 9.15. The van der Waals surface area contributed by atoms with Gasteiger partial charge in [0.15, 0.2) is 5.76 Å². The standard InChI is InChI=1S/C27H33BrN2O7S/c1-35-23-9-11-24(12-10-23)38(33,34)30(13-15-31)14-16-36-26-18-20(19-5-7-21(28)8-6-19)17-25(37-26)27(32)29-22-3-2-4-22/h5-12,17,20,22,26,31H,2-4,13-16,18H2,1H3,(H,29,32)/t20-,26+/m0/s1. The van der Waals surface area contributed by atoms with Gasteiger partial charge in [-0.15, -0.1) is 0 Å². The number of nitrogens with one attached hydrogen (secondary N) is 1. The number of ether oxygens (including phenoxy) is 3. The second kappa shape index (κ2) is 13.1. The van der Waals surface area contributed by atoms with Crippen molar-refractivity contribution in [1.82, 2.24) is 9.62 Å². The van der Waals surface area contributed by atoms with Crippen LogP contribution in [0, 0.1) is 0 Å². The zero-order chi connectivity index (χ0) is 27.1. The van der Waals surface area contributed by atoms with E-state index in [-0.39, 0.29) is 54.8 Å². The Morgan fingerprint density at radius 1 is 1.13 bits per heavy atom. The second-order valence-electron chi connectivity index (χ2n) is 9.25. The van der Waals surface area contributed by atoms with Crippen LogP contribution in [-0.4, -0.2) is 69.5 Å². The van der Waals surface area contributed by atoms with E-state index in [9.17, 15) is 18.3 Å². The molecule has 1 aliphatic carbocycles. The molecule has 2 aromatic carbocycles. The minimum Gasteiger partial charge on any atom is -0.497 e. The molecule has 9 nitrogen and oxygen atoms in total. The molecule has 4 rings (SSSR count). The van der Waals surface area contributed by atoms with Crippen LogP contribution in [0.3, 0.4) is 0 Å². The minimum absolute atomic E-state index is 0.00501. The topological polar surface area (TPSA) is 114 Å². The number of halogens is 1. The largest absolute Gasteiger partial charge is 0.497 e. The lowest BCUT2D eigenvalue weighted by Crippen LogP contribution is -2.42. The Hall–Kier alpha value is -2.44. The Morgan fingerprint density at radius 2 is 1.84 bits per heavy atom. The Labute approximate surface area is 231 Å². The number of carbonyl (C=O) groups is 1. The highest BCUT2D eigenvalue weighted by molar-refractivity contribution is 9.10. The lowest BCUT2D eigenvalue weighted by molar-refractivity contribution is -0.147. The number of hydrogen-bond donors (Lipinski definition) is 2. The molecule has 1 aliphatic heterocycles. The summed E-state index contributed by atoms with van der Waals surface area (Å²) in [6.07, 6.45) is 4.56. The van der Waals surface area contributed by atoms with Gasteiger partial charge in [-0.2, -0.15) is 4.31 Å². The third-order valence-electron chi connectivity index (χ3n) is 6.71. The molecule has 1 amide bonds. The number of rotatable bonds is 12. The first kappa shape index (κ1) is 28.6. The lowest BCUT2D eigenvalue weighted by atomic mass is 9.91. The monoisotopic (exact) mass is 608 g/mol. The smallest absolute Gasteiger partial charge is 0.286 e.